The SMILES string of the molecule is O=C(O)c1cnc(S(=O)(=O)Nc2ccccc2)n1Cc1ccc(Cl)cc1. The number of carboxylic acid groups (broad SMARTS) is 1. The standard InChI is InChI=1S/C17H14ClN3O4S/c18-13-8-6-12(7-9-13)11-21-15(16(22)23)10-19-17(21)26(24,25)20-14-4-2-1-3-5-14/h1-10,20H,11H2,(H,22,23). The molecular weight excluding hydrogens is 378 g/mol. The van der Waals surface area contributed by atoms with Crippen molar-refractivity contribution in [1.29, 1.82) is 0 Å². The van der Waals surface area contributed by atoms with Gasteiger partial charge in [0.1, 0.15) is 5.69 Å². The summed E-state index contributed by atoms with van der Waals surface area (Å²) in [6, 6.07) is 15.0. The number of hydrogen-bond acceptors (Lipinski definition) is 4. The first-order valence-corrected chi connectivity index (χ1v) is 9.34. The van der Waals surface area contributed by atoms with Crippen LogP contribution < -0.4 is 4.72 Å². The number of carbonyl (C=O) groups is 1. The molecule has 0 aliphatic carbocycles. The Labute approximate surface area is 154 Å². The molecule has 1 aromatic heterocycles. The first-order chi connectivity index (χ1) is 12.4. The number of sulfonamides is 1. The van der Waals surface area contributed by atoms with Crippen molar-refractivity contribution >= 4 is 33.3 Å². The van der Waals surface area contributed by atoms with E-state index in [1.807, 2.05) is 0 Å². The first-order valence-electron chi connectivity index (χ1n) is 7.48. The van der Waals surface area contributed by atoms with Gasteiger partial charge in [0.05, 0.1) is 12.7 Å². The summed E-state index contributed by atoms with van der Waals surface area (Å²) in [4.78, 5) is 15.3. The number of benzene rings is 2. The summed E-state index contributed by atoms with van der Waals surface area (Å²) in [7, 11) is -4.07. The fourth-order valence-electron chi connectivity index (χ4n) is 2.38. The average Bonchev–Trinajstić information content (AvgIpc) is 3.02. The summed E-state index contributed by atoms with van der Waals surface area (Å²) >= 11 is 5.85. The second kappa shape index (κ2) is 7.19. The van der Waals surface area contributed by atoms with Crippen LogP contribution in [0.2, 0.25) is 5.02 Å². The van der Waals surface area contributed by atoms with Crippen LogP contribution >= 0.6 is 11.6 Å². The van der Waals surface area contributed by atoms with Gasteiger partial charge in [0.15, 0.2) is 0 Å². The van der Waals surface area contributed by atoms with Gasteiger partial charge in [-0.15, -0.1) is 0 Å². The Bertz CT molecular complexity index is 1030. The predicted octanol–water partition coefficient (Wildman–Crippen LogP) is 3.08. The molecule has 26 heavy (non-hydrogen) atoms. The molecule has 0 aliphatic heterocycles. The maximum Gasteiger partial charge on any atom is 0.354 e. The first kappa shape index (κ1) is 18.0. The Morgan fingerprint density at radius 3 is 2.38 bits per heavy atom. The van der Waals surface area contributed by atoms with E-state index in [0.29, 0.717) is 16.3 Å². The fraction of sp³-hybridized carbons (Fsp3) is 0.0588. The molecule has 134 valence electrons. The van der Waals surface area contributed by atoms with Crippen LogP contribution in [0.3, 0.4) is 0 Å². The second-order valence-electron chi connectivity index (χ2n) is 5.42. The average molecular weight is 392 g/mol. The van der Waals surface area contributed by atoms with E-state index in [1.165, 1.54) is 0 Å². The van der Waals surface area contributed by atoms with E-state index in [-0.39, 0.29) is 17.4 Å². The Morgan fingerprint density at radius 1 is 1.12 bits per heavy atom. The van der Waals surface area contributed by atoms with Gasteiger partial charge in [0.25, 0.3) is 10.0 Å². The quantitative estimate of drug-likeness (QED) is 0.672. The third-order valence-corrected chi connectivity index (χ3v) is 5.12. The maximum absolute atomic E-state index is 12.7. The Morgan fingerprint density at radius 2 is 1.77 bits per heavy atom. The van der Waals surface area contributed by atoms with E-state index in [0.717, 1.165) is 10.8 Å². The smallest absolute Gasteiger partial charge is 0.354 e. The number of imidazole rings is 1. The summed E-state index contributed by atoms with van der Waals surface area (Å²) in [5.41, 5.74) is 0.810. The van der Waals surface area contributed by atoms with Crippen LogP contribution in [0.4, 0.5) is 5.69 Å². The lowest BCUT2D eigenvalue weighted by molar-refractivity contribution is 0.0684. The minimum Gasteiger partial charge on any atom is -0.477 e. The van der Waals surface area contributed by atoms with Gasteiger partial charge in [-0.05, 0) is 29.8 Å². The molecular formula is C17H14ClN3O4S. The molecule has 0 radical (unpaired) electrons. The van der Waals surface area contributed by atoms with Crippen molar-refractivity contribution in [1.82, 2.24) is 9.55 Å². The highest BCUT2D eigenvalue weighted by Crippen LogP contribution is 2.19. The highest BCUT2D eigenvalue weighted by atomic mass is 35.5. The minimum atomic E-state index is -4.07. The highest BCUT2D eigenvalue weighted by molar-refractivity contribution is 7.92. The van der Waals surface area contributed by atoms with E-state index in [2.05, 4.69) is 9.71 Å². The third-order valence-electron chi connectivity index (χ3n) is 3.56. The van der Waals surface area contributed by atoms with Gasteiger partial charge in [-0.2, -0.15) is 8.42 Å². The zero-order valence-electron chi connectivity index (χ0n) is 13.3. The molecule has 0 saturated heterocycles. The molecule has 3 rings (SSSR count). The molecule has 0 unspecified atom stereocenters. The molecule has 7 nitrogen and oxygen atoms in total. The van der Waals surface area contributed by atoms with Crippen molar-refractivity contribution in [3.63, 3.8) is 0 Å². The van der Waals surface area contributed by atoms with E-state index < -0.39 is 16.0 Å². The van der Waals surface area contributed by atoms with Gasteiger partial charge >= 0.3 is 5.97 Å². The zero-order chi connectivity index (χ0) is 18.7. The summed E-state index contributed by atoms with van der Waals surface area (Å²) in [6.07, 6.45) is 1.03. The Hall–Kier alpha value is -2.84. The summed E-state index contributed by atoms with van der Waals surface area (Å²) in [6.45, 7) is 0.0177. The molecule has 0 atom stereocenters. The van der Waals surface area contributed by atoms with E-state index in [1.54, 1.807) is 54.6 Å². The van der Waals surface area contributed by atoms with Gasteiger partial charge in [-0.1, -0.05) is 41.9 Å². The topological polar surface area (TPSA) is 101 Å². The van der Waals surface area contributed by atoms with Gasteiger partial charge in [-0.25, -0.2) is 9.78 Å². The molecule has 2 aromatic carbocycles. The zero-order valence-corrected chi connectivity index (χ0v) is 14.9. The van der Waals surface area contributed by atoms with Crippen molar-refractivity contribution in [2.24, 2.45) is 0 Å². The maximum atomic E-state index is 12.7. The normalized spacial score (nSPS) is 11.3. The predicted molar refractivity (Wildman–Crippen MR) is 97.0 cm³/mol. The number of rotatable bonds is 6. The second-order valence-corrected chi connectivity index (χ2v) is 7.43. The number of nitrogens with zero attached hydrogens (tertiary/aromatic N) is 2. The number of aromatic carboxylic acids is 1. The van der Waals surface area contributed by atoms with Crippen molar-refractivity contribution < 1.29 is 18.3 Å². The molecule has 0 fully saturated rings. The molecule has 3 aromatic rings. The van der Waals surface area contributed by atoms with Crippen molar-refractivity contribution in [2.45, 2.75) is 11.7 Å². The number of para-hydroxylation sites is 1. The summed E-state index contributed by atoms with van der Waals surface area (Å²) < 4.78 is 28.9. The van der Waals surface area contributed by atoms with Gasteiger partial charge in [-0.3, -0.25) is 4.72 Å². The van der Waals surface area contributed by atoms with Crippen LogP contribution in [-0.2, 0) is 16.6 Å². The monoisotopic (exact) mass is 391 g/mol. The van der Waals surface area contributed by atoms with E-state index in [9.17, 15) is 18.3 Å². The Kier molecular flexibility index (Phi) is 4.97. The molecule has 0 aliphatic rings. The van der Waals surface area contributed by atoms with Crippen LogP contribution in [0.25, 0.3) is 0 Å². The lowest BCUT2D eigenvalue weighted by Crippen LogP contribution is -2.21. The largest absolute Gasteiger partial charge is 0.477 e. The molecule has 0 saturated carbocycles. The molecule has 0 bridgehead atoms. The molecule has 2 N–H and O–H groups in total. The van der Waals surface area contributed by atoms with Crippen molar-refractivity contribution in [3.8, 4) is 0 Å². The number of nitrogens with one attached hydrogen (secondary N) is 1. The summed E-state index contributed by atoms with van der Waals surface area (Å²) in [5, 5.41) is 9.50. The number of aromatic nitrogens is 2. The van der Waals surface area contributed by atoms with Crippen LogP contribution in [0, 0.1) is 0 Å². The van der Waals surface area contributed by atoms with E-state index in [4.69, 9.17) is 11.6 Å². The number of carboxylic acids is 1. The molecule has 1 heterocycles. The fourth-order valence-corrected chi connectivity index (χ4v) is 3.68. The van der Waals surface area contributed by atoms with E-state index >= 15 is 0 Å². The van der Waals surface area contributed by atoms with Crippen molar-refractivity contribution in [2.75, 3.05) is 4.72 Å². The summed E-state index contributed by atoms with van der Waals surface area (Å²) in [5.74, 6) is -1.27. The van der Waals surface area contributed by atoms with Crippen LogP contribution in [0.15, 0.2) is 66.0 Å². The number of halogens is 1. The highest BCUT2D eigenvalue weighted by Gasteiger charge is 2.26. The molecule has 0 amide bonds. The van der Waals surface area contributed by atoms with Crippen LogP contribution in [0.5, 0.6) is 0 Å². The lowest BCUT2D eigenvalue weighted by atomic mass is 10.2. The minimum absolute atomic E-state index is 0.0177. The number of anilines is 1. The third kappa shape index (κ3) is 3.87. The molecule has 9 heteroatoms. The van der Waals surface area contributed by atoms with Crippen LogP contribution in [-0.4, -0.2) is 29.0 Å². The molecule has 0 spiro atoms. The van der Waals surface area contributed by atoms with Gasteiger partial charge < -0.3 is 9.67 Å². The number of hydrogen-bond donors (Lipinski definition) is 2. The van der Waals surface area contributed by atoms with Crippen molar-refractivity contribution in [3.05, 3.63) is 77.1 Å². The van der Waals surface area contributed by atoms with Gasteiger partial charge in [0.2, 0.25) is 5.16 Å². The van der Waals surface area contributed by atoms with Crippen LogP contribution in [0.1, 0.15) is 16.1 Å². The Balaban J connectivity index is 2.01. The van der Waals surface area contributed by atoms with Gasteiger partial charge in [0, 0.05) is 10.7 Å². The lowest BCUT2D eigenvalue weighted by Gasteiger charge is -2.12.